The first-order valence-corrected chi connectivity index (χ1v) is 9.00. The molecule has 1 aromatic carbocycles. The SMILES string of the molecule is CC(=O)N(CC(=O)Nc1c(C(C)C)cccc1C(C)C)Cc1ccco1. The predicted molar refractivity (Wildman–Crippen MR) is 103 cm³/mol. The number of nitrogens with one attached hydrogen (secondary N) is 1. The van der Waals surface area contributed by atoms with Crippen molar-refractivity contribution in [3.63, 3.8) is 0 Å². The molecule has 0 aliphatic heterocycles. The van der Waals surface area contributed by atoms with Gasteiger partial charge in [0.25, 0.3) is 0 Å². The van der Waals surface area contributed by atoms with Crippen molar-refractivity contribution < 1.29 is 14.0 Å². The van der Waals surface area contributed by atoms with Crippen molar-refractivity contribution in [1.29, 1.82) is 0 Å². The first-order valence-electron chi connectivity index (χ1n) is 9.00. The maximum Gasteiger partial charge on any atom is 0.244 e. The molecule has 0 radical (unpaired) electrons. The Morgan fingerprint density at radius 2 is 1.65 bits per heavy atom. The van der Waals surface area contributed by atoms with E-state index in [0.717, 1.165) is 16.8 Å². The van der Waals surface area contributed by atoms with Crippen molar-refractivity contribution in [1.82, 2.24) is 4.90 Å². The van der Waals surface area contributed by atoms with E-state index < -0.39 is 0 Å². The van der Waals surface area contributed by atoms with Gasteiger partial charge in [0.05, 0.1) is 12.8 Å². The molecule has 0 aliphatic carbocycles. The van der Waals surface area contributed by atoms with Crippen LogP contribution in [0.15, 0.2) is 41.0 Å². The molecule has 5 heteroatoms. The zero-order valence-electron chi connectivity index (χ0n) is 16.2. The smallest absolute Gasteiger partial charge is 0.244 e. The van der Waals surface area contributed by atoms with Crippen LogP contribution in [0.3, 0.4) is 0 Å². The highest BCUT2D eigenvalue weighted by Crippen LogP contribution is 2.32. The highest BCUT2D eigenvalue weighted by Gasteiger charge is 2.19. The van der Waals surface area contributed by atoms with Crippen LogP contribution in [0.25, 0.3) is 0 Å². The Morgan fingerprint density at radius 1 is 1.04 bits per heavy atom. The van der Waals surface area contributed by atoms with Crippen LogP contribution in [-0.4, -0.2) is 23.3 Å². The lowest BCUT2D eigenvalue weighted by atomic mass is 9.92. The van der Waals surface area contributed by atoms with Crippen LogP contribution in [0.4, 0.5) is 5.69 Å². The largest absolute Gasteiger partial charge is 0.467 e. The average Bonchev–Trinajstić information content (AvgIpc) is 3.06. The fourth-order valence-corrected chi connectivity index (χ4v) is 2.92. The molecule has 1 aromatic heterocycles. The minimum atomic E-state index is -0.207. The van der Waals surface area contributed by atoms with Gasteiger partial charge < -0.3 is 14.6 Å². The Morgan fingerprint density at radius 3 is 2.12 bits per heavy atom. The lowest BCUT2D eigenvalue weighted by Crippen LogP contribution is -2.36. The summed E-state index contributed by atoms with van der Waals surface area (Å²) in [5.41, 5.74) is 3.07. The van der Waals surface area contributed by atoms with Gasteiger partial charge in [0.15, 0.2) is 0 Å². The number of benzene rings is 1. The molecule has 0 spiro atoms. The molecular formula is C21H28N2O3. The van der Waals surface area contributed by atoms with E-state index in [1.54, 1.807) is 18.4 Å². The fourth-order valence-electron chi connectivity index (χ4n) is 2.92. The summed E-state index contributed by atoms with van der Waals surface area (Å²) in [4.78, 5) is 26.1. The van der Waals surface area contributed by atoms with E-state index in [0.29, 0.717) is 5.76 Å². The maximum absolute atomic E-state index is 12.7. The number of carbonyl (C=O) groups is 2. The van der Waals surface area contributed by atoms with Gasteiger partial charge in [-0.05, 0) is 35.1 Å². The van der Waals surface area contributed by atoms with Gasteiger partial charge in [0.1, 0.15) is 12.3 Å². The maximum atomic E-state index is 12.7. The van der Waals surface area contributed by atoms with E-state index in [1.165, 1.54) is 11.8 Å². The monoisotopic (exact) mass is 356 g/mol. The first kappa shape index (κ1) is 19.8. The van der Waals surface area contributed by atoms with E-state index in [-0.39, 0.29) is 36.7 Å². The molecule has 0 atom stereocenters. The quantitative estimate of drug-likeness (QED) is 0.794. The zero-order chi connectivity index (χ0) is 19.3. The Kier molecular flexibility index (Phi) is 6.61. The zero-order valence-corrected chi connectivity index (χ0v) is 16.2. The molecule has 5 nitrogen and oxygen atoms in total. The highest BCUT2D eigenvalue weighted by molar-refractivity contribution is 5.95. The van der Waals surface area contributed by atoms with Gasteiger partial charge in [-0.3, -0.25) is 9.59 Å². The van der Waals surface area contributed by atoms with E-state index in [4.69, 9.17) is 4.42 Å². The summed E-state index contributed by atoms with van der Waals surface area (Å²) in [5.74, 6) is 0.852. The summed E-state index contributed by atoms with van der Waals surface area (Å²) in [5, 5.41) is 3.04. The van der Waals surface area contributed by atoms with Gasteiger partial charge in [0.2, 0.25) is 11.8 Å². The van der Waals surface area contributed by atoms with E-state index in [9.17, 15) is 9.59 Å². The Labute approximate surface area is 155 Å². The molecule has 1 heterocycles. The van der Waals surface area contributed by atoms with Crippen LogP contribution in [0, 0.1) is 0 Å². The van der Waals surface area contributed by atoms with Gasteiger partial charge in [-0.15, -0.1) is 0 Å². The number of hydrogen-bond donors (Lipinski definition) is 1. The summed E-state index contributed by atoms with van der Waals surface area (Å²) in [6.45, 7) is 10.1. The van der Waals surface area contributed by atoms with Crippen LogP contribution in [0.2, 0.25) is 0 Å². The summed E-state index contributed by atoms with van der Waals surface area (Å²) >= 11 is 0. The van der Waals surface area contributed by atoms with Gasteiger partial charge in [-0.25, -0.2) is 0 Å². The van der Waals surface area contributed by atoms with Gasteiger partial charge in [-0.1, -0.05) is 45.9 Å². The van der Waals surface area contributed by atoms with Gasteiger partial charge >= 0.3 is 0 Å². The predicted octanol–water partition coefficient (Wildman–Crippen LogP) is 4.51. The normalized spacial score (nSPS) is 11.0. The summed E-state index contributed by atoms with van der Waals surface area (Å²) < 4.78 is 5.29. The van der Waals surface area contributed by atoms with Crippen molar-refractivity contribution >= 4 is 17.5 Å². The number of anilines is 1. The lowest BCUT2D eigenvalue weighted by molar-refractivity contribution is -0.133. The standard InChI is InChI=1S/C21H28N2O3/c1-14(2)18-9-6-10-19(15(3)4)21(18)22-20(25)13-23(16(5)24)12-17-8-7-11-26-17/h6-11,14-15H,12-13H2,1-5H3,(H,22,25). The van der Waals surface area contributed by atoms with Crippen molar-refractivity contribution in [3.8, 4) is 0 Å². The molecule has 140 valence electrons. The molecule has 0 bridgehead atoms. The summed E-state index contributed by atoms with van der Waals surface area (Å²) in [6.07, 6.45) is 1.56. The van der Waals surface area contributed by atoms with E-state index >= 15 is 0 Å². The molecular weight excluding hydrogens is 328 g/mol. The third-order valence-corrected chi connectivity index (χ3v) is 4.34. The molecule has 0 unspecified atom stereocenters. The number of para-hydroxylation sites is 1. The molecule has 0 saturated carbocycles. The number of hydrogen-bond acceptors (Lipinski definition) is 3. The van der Waals surface area contributed by atoms with Crippen molar-refractivity contribution in [2.75, 3.05) is 11.9 Å². The third-order valence-electron chi connectivity index (χ3n) is 4.34. The minimum absolute atomic E-state index is 0.0139. The summed E-state index contributed by atoms with van der Waals surface area (Å²) in [6, 6.07) is 9.66. The average molecular weight is 356 g/mol. The van der Waals surface area contributed by atoms with Gasteiger partial charge in [0, 0.05) is 12.6 Å². The molecule has 2 aromatic rings. The Balaban J connectivity index is 2.19. The molecule has 0 saturated heterocycles. The van der Waals surface area contributed by atoms with Crippen molar-refractivity contribution in [3.05, 3.63) is 53.5 Å². The topological polar surface area (TPSA) is 62.6 Å². The van der Waals surface area contributed by atoms with E-state index in [2.05, 4.69) is 33.0 Å². The molecule has 2 amide bonds. The van der Waals surface area contributed by atoms with E-state index in [1.807, 2.05) is 18.2 Å². The number of carbonyl (C=O) groups excluding carboxylic acids is 2. The minimum Gasteiger partial charge on any atom is -0.467 e. The van der Waals surface area contributed by atoms with Crippen molar-refractivity contribution in [2.24, 2.45) is 0 Å². The summed E-state index contributed by atoms with van der Waals surface area (Å²) in [7, 11) is 0. The van der Waals surface area contributed by atoms with Crippen LogP contribution in [0.1, 0.15) is 63.3 Å². The molecule has 0 aliphatic rings. The van der Waals surface area contributed by atoms with Crippen LogP contribution in [-0.2, 0) is 16.1 Å². The number of rotatable bonds is 7. The Hall–Kier alpha value is -2.56. The Bertz CT molecular complexity index is 722. The first-order chi connectivity index (χ1) is 12.3. The van der Waals surface area contributed by atoms with Crippen molar-refractivity contribution in [2.45, 2.75) is 53.0 Å². The van der Waals surface area contributed by atoms with Gasteiger partial charge in [-0.2, -0.15) is 0 Å². The number of furan rings is 1. The second-order valence-corrected chi connectivity index (χ2v) is 7.12. The highest BCUT2D eigenvalue weighted by atomic mass is 16.3. The third kappa shape index (κ3) is 4.97. The lowest BCUT2D eigenvalue weighted by Gasteiger charge is -2.23. The van der Waals surface area contributed by atoms with Crippen LogP contribution < -0.4 is 5.32 Å². The number of amides is 2. The molecule has 26 heavy (non-hydrogen) atoms. The number of nitrogens with zero attached hydrogens (tertiary/aromatic N) is 1. The second-order valence-electron chi connectivity index (χ2n) is 7.12. The molecule has 1 N–H and O–H groups in total. The second kappa shape index (κ2) is 8.70. The molecule has 0 fully saturated rings. The van der Waals surface area contributed by atoms with Crippen LogP contribution in [0.5, 0.6) is 0 Å². The fraction of sp³-hybridized carbons (Fsp3) is 0.429. The van der Waals surface area contributed by atoms with Crippen LogP contribution >= 0.6 is 0 Å². The molecule has 2 rings (SSSR count).